The zero-order valence-corrected chi connectivity index (χ0v) is 20.6. The highest BCUT2D eigenvalue weighted by atomic mass is 127. The van der Waals surface area contributed by atoms with Crippen molar-refractivity contribution in [2.24, 2.45) is 10.9 Å². The highest BCUT2D eigenvalue weighted by Gasteiger charge is 2.34. The average Bonchev–Trinajstić information content (AvgIpc) is 3.41. The van der Waals surface area contributed by atoms with E-state index in [-0.39, 0.29) is 24.0 Å². The van der Waals surface area contributed by atoms with Gasteiger partial charge in [-0.05, 0) is 37.0 Å². The molecule has 7 nitrogen and oxygen atoms in total. The molecular formula is C21H35IN4O3. The van der Waals surface area contributed by atoms with Crippen LogP contribution in [0.2, 0.25) is 0 Å². The molecule has 2 unspecified atom stereocenters. The molecule has 1 N–H and O–H groups in total. The number of nitrogens with zero attached hydrogens (tertiary/aromatic N) is 3. The summed E-state index contributed by atoms with van der Waals surface area (Å²) >= 11 is 0. The maximum atomic E-state index is 5.48. The quantitative estimate of drug-likeness (QED) is 0.341. The molecule has 0 bridgehead atoms. The summed E-state index contributed by atoms with van der Waals surface area (Å²) in [6, 6.07) is 4.67. The van der Waals surface area contributed by atoms with Gasteiger partial charge in [0, 0.05) is 45.3 Å². The van der Waals surface area contributed by atoms with E-state index in [9.17, 15) is 0 Å². The number of hydrogen-bond acceptors (Lipinski definition) is 5. The van der Waals surface area contributed by atoms with Gasteiger partial charge in [-0.25, -0.2) is 0 Å². The van der Waals surface area contributed by atoms with Gasteiger partial charge >= 0.3 is 0 Å². The summed E-state index contributed by atoms with van der Waals surface area (Å²) in [5, 5.41) is 3.63. The van der Waals surface area contributed by atoms with Gasteiger partial charge in [0.05, 0.1) is 21.3 Å². The highest BCUT2D eigenvalue weighted by Crippen LogP contribution is 2.38. The van der Waals surface area contributed by atoms with Crippen molar-refractivity contribution < 1.29 is 14.2 Å². The molecule has 164 valence electrons. The fourth-order valence-electron chi connectivity index (χ4n) is 3.68. The fraction of sp³-hybridized carbons (Fsp3) is 0.667. The largest absolute Gasteiger partial charge is 0.493 e. The summed E-state index contributed by atoms with van der Waals surface area (Å²) in [4.78, 5) is 9.55. The second kappa shape index (κ2) is 11.1. The lowest BCUT2D eigenvalue weighted by atomic mass is 10.1. The molecule has 3 rings (SSSR count). The third-order valence-corrected chi connectivity index (χ3v) is 5.53. The van der Waals surface area contributed by atoms with Gasteiger partial charge in [0.1, 0.15) is 0 Å². The van der Waals surface area contributed by atoms with Crippen LogP contribution >= 0.6 is 24.0 Å². The summed E-state index contributed by atoms with van der Waals surface area (Å²) in [6.07, 6.45) is 1.25. The molecule has 1 saturated carbocycles. The second-order valence-corrected chi connectivity index (χ2v) is 7.56. The molecule has 29 heavy (non-hydrogen) atoms. The topological polar surface area (TPSA) is 58.6 Å². The monoisotopic (exact) mass is 518 g/mol. The first-order chi connectivity index (χ1) is 13.6. The van der Waals surface area contributed by atoms with Crippen LogP contribution in [-0.2, 0) is 6.54 Å². The van der Waals surface area contributed by atoms with Crippen molar-refractivity contribution in [3.05, 3.63) is 17.7 Å². The first-order valence-electron chi connectivity index (χ1n) is 10.2. The minimum atomic E-state index is 0. The molecule has 0 aromatic heterocycles. The Labute approximate surface area is 191 Å². The zero-order chi connectivity index (χ0) is 20.1. The molecule has 0 spiro atoms. The third-order valence-electron chi connectivity index (χ3n) is 5.53. The van der Waals surface area contributed by atoms with Gasteiger partial charge in [-0.2, -0.15) is 0 Å². The van der Waals surface area contributed by atoms with Gasteiger partial charge in [-0.3, -0.25) is 9.89 Å². The molecule has 2 aliphatic rings. The molecule has 1 aliphatic carbocycles. The van der Waals surface area contributed by atoms with Crippen LogP contribution in [0, 0.1) is 5.92 Å². The number of rotatable bonds is 7. The third kappa shape index (κ3) is 6.04. The van der Waals surface area contributed by atoms with E-state index in [1.807, 2.05) is 12.1 Å². The minimum absolute atomic E-state index is 0. The molecule has 0 radical (unpaired) electrons. The van der Waals surface area contributed by atoms with E-state index >= 15 is 0 Å². The van der Waals surface area contributed by atoms with Crippen LogP contribution in [0.4, 0.5) is 0 Å². The molecule has 1 aromatic carbocycles. The van der Waals surface area contributed by atoms with E-state index in [0.717, 1.165) is 56.7 Å². The van der Waals surface area contributed by atoms with Gasteiger partial charge in [0.2, 0.25) is 5.75 Å². The van der Waals surface area contributed by atoms with E-state index in [4.69, 9.17) is 19.2 Å². The molecule has 8 heteroatoms. The zero-order valence-electron chi connectivity index (χ0n) is 18.2. The van der Waals surface area contributed by atoms with Crippen molar-refractivity contribution in [1.82, 2.24) is 15.1 Å². The number of hydrogen-bond donors (Lipinski definition) is 1. The molecular weight excluding hydrogens is 483 g/mol. The minimum Gasteiger partial charge on any atom is -0.493 e. The number of piperazine rings is 1. The lowest BCUT2D eigenvalue weighted by Crippen LogP contribution is -2.52. The number of methoxy groups -OCH3 is 3. The van der Waals surface area contributed by atoms with Crippen molar-refractivity contribution in [3.63, 3.8) is 0 Å². The highest BCUT2D eigenvalue weighted by molar-refractivity contribution is 14.0. The second-order valence-electron chi connectivity index (χ2n) is 7.56. The van der Waals surface area contributed by atoms with Gasteiger partial charge in [-0.1, -0.05) is 6.92 Å². The van der Waals surface area contributed by atoms with Gasteiger partial charge in [0.25, 0.3) is 0 Å². The van der Waals surface area contributed by atoms with E-state index in [1.54, 1.807) is 21.3 Å². The number of ether oxygens (including phenoxy) is 3. The number of guanidine groups is 1. The summed E-state index contributed by atoms with van der Waals surface area (Å²) in [6.45, 7) is 10.0. The Bertz CT molecular complexity index is 667. The van der Waals surface area contributed by atoms with Gasteiger partial charge in [0.15, 0.2) is 17.5 Å². The summed E-state index contributed by atoms with van der Waals surface area (Å²) in [5.74, 6) is 3.89. The summed E-state index contributed by atoms with van der Waals surface area (Å²) < 4.78 is 16.4. The summed E-state index contributed by atoms with van der Waals surface area (Å²) in [7, 11) is 4.94. The van der Waals surface area contributed by atoms with Crippen LogP contribution in [0.15, 0.2) is 17.1 Å². The number of nitrogens with one attached hydrogen (secondary N) is 1. The fourth-order valence-corrected chi connectivity index (χ4v) is 3.68. The summed E-state index contributed by atoms with van der Waals surface area (Å²) in [5.41, 5.74) is 1.16. The SMILES string of the molecule is CCN=C(NC1CC1C)N1CCN(Cc2cc(OC)c(OC)c(OC)c2)CC1.I. The van der Waals surface area contributed by atoms with Gasteiger partial charge in [-0.15, -0.1) is 24.0 Å². The normalized spacial score (nSPS) is 22.0. The van der Waals surface area contributed by atoms with Gasteiger partial charge < -0.3 is 24.4 Å². The lowest BCUT2D eigenvalue weighted by molar-refractivity contribution is 0.172. The van der Waals surface area contributed by atoms with Crippen molar-refractivity contribution in [2.75, 3.05) is 54.1 Å². The Morgan fingerprint density at radius 2 is 1.66 bits per heavy atom. The predicted octanol–water partition coefficient (Wildman–Crippen LogP) is 2.82. The Hall–Kier alpha value is -1.42. The number of aliphatic imine (C=N–C) groups is 1. The maximum absolute atomic E-state index is 5.48. The van der Waals surface area contributed by atoms with Crippen LogP contribution in [0.1, 0.15) is 25.8 Å². The van der Waals surface area contributed by atoms with Crippen molar-refractivity contribution in [2.45, 2.75) is 32.9 Å². The average molecular weight is 518 g/mol. The van der Waals surface area contributed by atoms with Crippen LogP contribution in [0.5, 0.6) is 17.2 Å². The molecule has 2 fully saturated rings. The van der Waals surface area contributed by atoms with E-state index in [1.165, 1.54) is 6.42 Å². The van der Waals surface area contributed by atoms with Crippen LogP contribution in [0.25, 0.3) is 0 Å². The molecule has 1 aromatic rings. The molecule has 1 saturated heterocycles. The van der Waals surface area contributed by atoms with E-state index in [0.29, 0.717) is 23.3 Å². The van der Waals surface area contributed by atoms with E-state index in [2.05, 4.69) is 29.0 Å². The van der Waals surface area contributed by atoms with Crippen molar-refractivity contribution in [3.8, 4) is 17.2 Å². The van der Waals surface area contributed by atoms with Crippen LogP contribution in [0.3, 0.4) is 0 Å². The van der Waals surface area contributed by atoms with Crippen LogP contribution < -0.4 is 19.5 Å². The molecule has 1 heterocycles. The van der Waals surface area contributed by atoms with Crippen molar-refractivity contribution >= 4 is 29.9 Å². The Kier molecular flexibility index (Phi) is 9.13. The maximum Gasteiger partial charge on any atom is 0.203 e. The van der Waals surface area contributed by atoms with Crippen molar-refractivity contribution in [1.29, 1.82) is 0 Å². The van der Waals surface area contributed by atoms with Crippen LogP contribution in [-0.4, -0.2) is 75.9 Å². The standard InChI is InChI=1S/C21H34N4O3.HI/c1-6-22-21(23-17-11-15(17)2)25-9-7-24(8-10-25)14-16-12-18(26-3)20(28-5)19(13-16)27-4;/h12-13,15,17H,6-11,14H2,1-5H3,(H,22,23);1H. The Morgan fingerprint density at radius 3 is 2.10 bits per heavy atom. The lowest BCUT2D eigenvalue weighted by Gasteiger charge is -2.36. The first kappa shape index (κ1) is 23.9. The smallest absolute Gasteiger partial charge is 0.203 e. The van der Waals surface area contributed by atoms with E-state index < -0.39 is 0 Å². The molecule has 2 atom stereocenters. The number of halogens is 1. The number of benzene rings is 1. The predicted molar refractivity (Wildman–Crippen MR) is 127 cm³/mol. The Balaban J connectivity index is 0.00000300. The molecule has 1 aliphatic heterocycles. The first-order valence-corrected chi connectivity index (χ1v) is 10.2. The molecule has 0 amide bonds. The Morgan fingerprint density at radius 1 is 1.07 bits per heavy atom.